The fourth-order valence-electron chi connectivity index (χ4n) is 1.97. The van der Waals surface area contributed by atoms with Crippen LogP contribution in [0.4, 0.5) is 10.1 Å². The summed E-state index contributed by atoms with van der Waals surface area (Å²) in [6, 6.07) is 4.62. The average molecular weight is 254 g/mol. The van der Waals surface area contributed by atoms with Gasteiger partial charge in [0.05, 0.1) is 12.1 Å². The molecule has 3 nitrogen and oxygen atoms in total. The van der Waals surface area contributed by atoms with E-state index in [9.17, 15) is 4.39 Å². The van der Waals surface area contributed by atoms with Gasteiger partial charge in [0.25, 0.3) is 0 Å². The van der Waals surface area contributed by atoms with Crippen LogP contribution in [-0.2, 0) is 4.74 Å². The summed E-state index contributed by atoms with van der Waals surface area (Å²) in [5, 5.41) is 3.31. The number of hydrogen-bond donors (Lipinski definition) is 2. The lowest BCUT2D eigenvalue weighted by Crippen LogP contribution is -2.28. The van der Waals surface area contributed by atoms with E-state index in [-0.39, 0.29) is 23.0 Å². The number of nitrogens with one attached hydrogen (secondary N) is 1. The van der Waals surface area contributed by atoms with Crippen LogP contribution in [0, 0.1) is 5.82 Å². The van der Waals surface area contributed by atoms with E-state index in [0.29, 0.717) is 5.56 Å². The number of hydrogen-bond acceptors (Lipinski definition) is 3. The number of nitrogens with two attached hydrogens (primary N) is 1. The first-order valence-electron chi connectivity index (χ1n) is 5.55. The Balaban J connectivity index is 2.22. The Morgan fingerprint density at radius 3 is 2.94 bits per heavy atom. The molecular weight excluding hydrogens is 239 g/mol. The van der Waals surface area contributed by atoms with Crippen molar-refractivity contribution < 1.29 is 9.13 Å². The Bertz CT molecular complexity index is 439. The van der Waals surface area contributed by atoms with Gasteiger partial charge in [-0.2, -0.15) is 0 Å². The van der Waals surface area contributed by atoms with Crippen LogP contribution in [0.25, 0.3) is 0 Å². The summed E-state index contributed by atoms with van der Waals surface area (Å²) >= 11 is 4.92. The molecule has 1 heterocycles. The second-order valence-corrected chi connectivity index (χ2v) is 4.61. The van der Waals surface area contributed by atoms with E-state index in [1.165, 1.54) is 12.1 Å². The standard InChI is InChI=1S/C12H15FN2OS/c1-7-10(4-5-16-7)15-11-3-2-8(13)6-9(11)12(14)17/h2-3,6-7,10,15H,4-5H2,1H3,(H2,14,17). The van der Waals surface area contributed by atoms with Crippen molar-refractivity contribution in [3.05, 3.63) is 29.6 Å². The summed E-state index contributed by atoms with van der Waals surface area (Å²) in [5.41, 5.74) is 6.89. The highest BCUT2D eigenvalue weighted by molar-refractivity contribution is 7.80. The molecule has 1 aromatic carbocycles. The van der Waals surface area contributed by atoms with E-state index >= 15 is 0 Å². The zero-order valence-electron chi connectivity index (χ0n) is 9.57. The minimum atomic E-state index is -0.339. The number of thiocarbonyl (C=S) groups is 1. The summed E-state index contributed by atoms with van der Waals surface area (Å²) in [6.45, 7) is 2.75. The SMILES string of the molecule is CC1OCCC1Nc1ccc(F)cc1C(N)=S. The Labute approximate surface area is 105 Å². The molecule has 92 valence electrons. The second kappa shape index (κ2) is 4.98. The molecule has 1 aliphatic rings. The van der Waals surface area contributed by atoms with Crippen molar-refractivity contribution in [3.63, 3.8) is 0 Å². The van der Waals surface area contributed by atoms with Crippen molar-refractivity contribution in [1.29, 1.82) is 0 Å². The van der Waals surface area contributed by atoms with Gasteiger partial charge in [0, 0.05) is 17.9 Å². The summed E-state index contributed by atoms with van der Waals surface area (Å²) in [6.07, 6.45) is 1.06. The molecule has 1 saturated heterocycles. The normalized spacial score (nSPS) is 23.6. The van der Waals surface area contributed by atoms with Crippen molar-refractivity contribution in [1.82, 2.24) is 0 Å². The molecular formula is C12H15FN2OS. The van der Waals surface area contributed by atoms with Crippen LogP contribution in [0.15, 0.2) is 18.2 Å². The first-order valence-corrected chi connectivity index (χ1v) is 5.96. The first kappa shape index (κ1) is 12.3. The third-order valence-corrected chi connectivity index (χ3v) is 3.18. The quantitative estimate of drug-likeness (QED) is 0.810. The van der Waals surface area contributed by atoms with E-state index in [4.69, 9.17) is 22.7 Å². The second-order valence-electron chi connectivity index (χ2n) is 4.17. The minimum Gasteiger partial charge on any atom is -0.389 e. The maximum atomic E-state index is 13.1. The van der Waals surface area contributed by atoms with Gasteiger partial charge in [-0.25, -0.2) is 4.39 Å². The molecule has 17 heavy (non-hydrogen) atoms. The van der Waals surface area contributed by atoms with Gasteiger partial charge in [-0.3, -0.25) is 0 Å². The number of halogens is 1. The molecule has 0 bridgehead atoms. The van der Waals surface area contributed by atoms with Gasteiger partial charge in [-0.1, -0.05) is 12.2 Å². The summed E-state index contributed by atoms with van der Waals surface area (Å²) in [7, 11) is 0. The molecule has 0 radical (unpaired) electrons. The molecule has 0 spiro atoms. The van der Waals surface area contributed by atoms with Crippen LogP contribution >= 0.6 is 12.2 Å². The zero-order valence-corrected chi connectivity index (χ0v) is 10.4. The van der Waals surface area contributed by atoms with Crippen LogP contribution in [0.5, 0.6) is 0 Å². The Morgan fingerprint density at radius 2 is 2.35 bits per heavy atom. The molecule has 2 rings (SSSR count). The van der Waals surface area contributed by atoms with Gasteiger partial charge in [-0.15, -0.1) is 0 Å². The monoisotopic (exact) mass is 254 g/mol. The van der Waals surface area contributed by atoms with Crippen LogP contribution in [0.1, 0.15) is 18.9 Å². The van der Waals surface area contributed by atoms with Crippen LogP contribution in [0.2, 0.25) is 0 Å². The van der Waals surface area contributed by atoms with Crippen molar-refractivity contribution in [2.24, 2.45) is 5.73 Å². The van der Waals surface area contributed by atoms with E-state index in [0.717, 1.165) is 18.7 Å². The molecule has 2 unspecified atom stereocenters. The molecule has 0 aliphatic carbocycles. The van der Waals surface area contributed by atoms with Crippen molar-refractivity contribution in [2.75, 3.05) is 11.9 Å². The topological polar surface area (TPSA) is 47.3 Å². The largest absolute Gasteiger partial charge is 0.389 e. The smallest absolute Gasteiger partial charge is 0.124 e. The average Bonchev–Trinajstić information content (AvgIpc) is 2.67. The third-order valence-electron chi connectivity index (χ3n) is 2.96. The highest BCUT2D eigenvalue weighted by Gasteiger charge is 2.24. The van der Waals surface area contributed by atoms with Crippen LogP contribution in [-0.4, -0.2) is 23.7 Å². The van der Waals surface area contributed by atoms with Crippen LogP contribution < -0.4 is 11.1 Å². The third kappa shape index (κ3) is 2.73. The van der Waals surface area contributed by atoms with Crippen molar-refractivity contribution >= 4 is 22.9 Å². The summed E-state index contributed by atoms with van der Waals surface area (Å²) in [5.74, 6) is -0.339. The maximum Gasteiger partial charge on any atom is 0.124 e. The molecule has 1 fully saturated rings. The number of benzene rings is 1. The predicted octanol–water partition coefficient (Wildman–Crippen LogP) is 2.05. The Morgan fingerprint density at radius 1 is 1.59 bits per heavy atom. The van der Waals surface area contributed by atoms with Crippen LogP contribution in [0.3, 0.4) is 0 Å². The van der Waals surface area contributed by atoms with Gasteiger partial charge in [0.2, 0.25) is 0 Å². The highest BCUT2D eigenvalue weighted by Crippen LogP contribution is 2.22. The van der Waals surface area contributed by atoms with E-state index in [1.54, 1.807) is 6.07 Å². The van der Waals surface area contributed by atoms with E-state index in [1.807, 2.05) is 6.92 Å². The molecule has 5 heteroatoms. The molecule has 1 aromatic rings. The maximum absolute atomic E-state index is 13.1. The van der Waals surface area contributed by atoms with Gasteiger partial charge in [-0.05, 0) is 31.5 Å². The minimum absolute atomic E-state index is 0.138. The predicted molar refractivity (Wildman–Crippen MR) is 69.7 cm³/mol. The lowest BCUT2D eigenvalue weighted by Gasteiger charge is -2.19. The molecule has 2 atom stereocenters. The molecule has 1 aliphatic heterocycles. The summed E-state index contributed by atoms with van der Waals surface area (Å²) in [4.78, 5) is 0.193. The van der Waals surface area contributed by atoms with Gasteiger partial charge < -0.3 is 15.8 Å². The van der Waals surface area contributed by atoms with Gasteiger partial charge in [0.15, 0.2) is 0 Å². The molecule has 0 saturated carbocycles. The molecule has 0 amide bonds. The molecule has 3 N–H and O–H groups in total. The van der Waals surface area contributed by atoms with Gasteiger partial charge in [0.1, 0.15) is 10.8 Å². The zero-order chi connectivity index (χ0) is 12.4. The lowest BCUT2D eigenvalue weighted by molar-refractivity contribution is 0.121. The van der Waals surface area contributed by atoms with Gasteiger partial charge >= 0.3 is 0 Å². The Hall–Kier alpha value is -1.20. The number of anilines is 1. The van der Waals surface area contributed by atoms with Crippen molar-refractivity contribution in [2.45, 2.75) is 25.5 Å². The lowest BCUT2D eigenvalue weighted by atomic mass is 10.1. The van der Waals surface area contributed by atoms with E-state index < -0.39 is 0 Å². The first-order chi connectivity index (χ1) is 8.08. The van der Waals surface area contributed by atoms with Crippen molar-refractivity contribution in [3.8, 4) is 0 Å². The molecule has 0 aromatic heterocycles. The Kier molecular flexibility index (Phi) is 3.59. The highest BCUT2D eigenvalue weighted by atomic mass is 32.1. The number of rotatable bonds is 3. The fraction of sp³-hybridized carbons (Fsp3) is 0.417. The fourth-order valence-corrected chi connectivity index (χ4v) is 2.14. The van der Waals surface area contributed by atoms with E-state index in [2.05, 4.69) is 5.32 Å². The number of ether oxygens (including phenoxy) is 1. The summed E-state index contributed by atoms with van der Waals surface area (Å²) < 4.78 is 18.6.